The molecule has 6 nitrogen and oxygen atoms in total. The van der Waals surface area contributed by atoms with E-state index in [4.69, 9.17) is 18.1 Å². The van der Waals surface area contributed by atoms with Crippen molar-refractivity contribution >= 4 is 32.3 Å². The van der Waals surface area contributed by atoms with Crippen molar-refractivity contribution in [2.24, 2.45) is 0 Å². The molecule has 0 aromatic heterocycles. The van der Waals surface area contributed by atoms with Crippen LogP contribution in [-0.2, 0) is 28.8 Å². The second-order valence-electron chi connectivity index (χ2n) is 4.92. The van der Waals surface area contributed by atoms with E-state index in [-0.39, 0.29) is 11.7 Å². The molecule has 0 amide bonds. The maximum atomic E-state index is 12.7. The minimum atomic E-state index is -3.32. The Morgan fingerprint density at radius 2 is 1.54 bits per heavy atom. The normalized spacial score (nSPS) is 12.0. The third kappa shape index (κ3) is 4.09. The van der Waals surface area contributed by atoms with E-state index in [1.165, 1.54) is 28.4 Å². The highest BCUT2D eigenvalue weighted by Crippen LogP contribution is 2.51. The van der Waals surface area contributed by atoms with Gasteiger partial charge in [0.2, 0.25) is 13.9 Å². The molecule has 2 aromatic carbocycles. The van der Waals surface area contributed by atoms with Gasteiger partial charge >= 0.3 is 7.60 Å². The summed E-state index contributed by atoms with van der Waals surface area (Å²) in [7, 11) is 0.439. The van der Waals surface area contributed by atoms with Crippen LogP contribution in [0.3, 0.4) is 0 Å². The molecule has 0 bridgehead atoms. The molecule has 0 atom stereocenters. The minimum Gasteiger partial charge on any atom is -0.332 e. The topological polar surface area (TPSA) is 71.1 Å². The number of rotatable bonds is 8. The first-order chi connectivity index (χ1) is 11.5. The fourth-order valence-corrected chi connectivity index (χ4v) is 4.34. The molecule has 0 spiro atoms. The van der Waals surface area contributed by atoms with Gasteiger partial charge in [-0.05, 0) is 28.5 Å². The number of hydrogen-bond acceptors (Lipinski definition) is 6. The van der Waals surface area contributed by atoms with Crippen LogP contribution in [0, 0.1) is 0 Å². The van der Waals surface area contributed by atoms with Gasteiger partial charge in [0.1, 0.15) is 0 Å². The lowest BCUT2D eigenvalue weighted by atomic mass is 10.0. The largest absolute Gasteiger partial charge is 0.334 e. The Balaban J connectivity index is 2.59. The van der Waals surface area contributed by atoms with Crippen LogP contribution < -0.4 is 0 Å². The fraction of sp³-hybridized carbons (Fsp3) is 0.312. The Labute approximate surface area is 142 Å². The molecule has 8 heteroatoms. The molecule has 0 heterocycles. The van der Waals surface area contributed by atoms with Crippen molar-refractivity contribution in [1.29, 1.82) is 0 Å². The van der Waals surface area contributed by atoms with E-state index in [9.17, 15) is 9.36 Å². The van der Waals surface area contributed by atoms with E-state index in [1.807, 2.05) is 30.3 Å². The summed E-state index contributed by atoms with van der Waals surface area (Å²) < 4.78 is 32.8. The molecular formula is C16H20O6P2. The zero-order chi connectivity index (χ0) is 17.7. The molecule has 24 heavy (non-hydrogen) atoms. The molecule has 0 aliphatic carbocycles. The van der Waals surface area contributed by atoms with Gasteiger partial charge in [-0.25, -0.2) is 0 Å². The molecule has 2 aromatic rings. The molecular weight excluding hydrogens is 350 g/mol. The average molecular weight is 370 g/mol. The highest BCUT2D eigenvalue weighted by Gasteiger charge is 2.29. The molecule has 130 valence electrons. The van der Waals surface area contributed by atoms with Crippen LogP contribution in [0.5, 0.6) is 0 Å². The molecule has 0 N–H and O–H groups in total. The highest BCUT2D eigenvalue weighted by atomic mass is 31.2. The maximum absolute atomic E-state index is 12.7. The van der Waals surface area contributed by atoms with Crippen molar-refractivity contribution in [1.82, 2.24) is 0 Å². The summed E-state index contributed by atoms with van der Waals surface area (Å²) in [5.74, 6) is 0. The number of hydrogen-bond donors (Lipinski definition) is 0. The lowest BCUT2D eigenvalue weighted by Crippen LogP contribution is -2.06. The minimum absolute atomic E-state index is 0.0114. The molecule has 0 fully saturated rings. The van der Waals surface area contributed by atoms with Gasteiger partial charge in [0.25, 0.3) is 0 Å². The summed E-state index contributed by atoms with van der Waals surface area (Å²) in [5, 5.41) is 1.83. The van der Waals surface area contributed by atoms with Gasteiger partial charge in [0.05, 0.1) is 6.16 Å². The summed E-state index contributed by atoms with van der Waals surface area (Å²) in [4.78, 5) is 12.7. The summed E-state index contributed by atoms with van der Waals surface area (Å²) in [6.07, 6.45) is -0.0114. The number of carbonyl (C=O) groups excluding carboxylic acids is 1. The lowest BCUT2D eigenvalue weighted by molar-refractivity contribution is 0.105. The quantitative estimate of drug-likeness (QED) is 0.634. The SMILES string of the molecule is COP(OC)C(=O)c1cc2ccccc2cc1CP(=O)(OC)OC. The average Bonchev–Trinajstić information content (AvgIpc) is 2.61. The second-order valence-corrected chi connectivity index (χ2v) is 8.84. The van der Waals surface area contributed by atoms with Crippen LogP contribution in [0.25, 0.3) is 10.8 Å². The Hall–Kier alpha value is -1.13. The second kappa shape index (κ2) is 8.30. The summed E-state index contributed by atoms with van der Waals surface area (Å²) >= 11 is 0. The van der Waals surface area contributed by atoms with Crippen LogP contribution in [-0.4, -0.2) is 34.0 Å². The first-order valence-electron chi connectivity index (χ1n) is 7.13. The van der Waals surface area contributed by atoms with Gasteiger partial charge in [0.15, 0.2) is 0 Å². The Morgan fingerprint density at radius 1 is 1.00 bits per heavy atom. The Bertz CT molecular complexity index is 764. The first kappa shape index (κ1) is 19.2. The summed E-state index contributed by atoms with van der Waals surface area (Å²) in [6, 6.07) is 11.2. The third-order valence-corrected chi connectivity index (χ3v) is 6.70. The van der Waals surface area contributed by atoms with Gasteiger partial charge in [-0.2, -0.15) is 0 Å². The van der Waals surface area contributed by atoms with Crippen molar-refractivity contribution in [3.8, 4) is 0 Å². The van der Waals surface area contributed by atoms with Gasteiger partial charge in [-0.1, -0.05) is 24.3 Å². The number of carbonyl (C=O) groups is 1. The van der Waals surface area contributed by atoms with Crippen molar-refractivity contribution < 1.29 is 27.5 Å². The van der Waals surface area contributed by atoms with Crippen molar-refractivity contribution in [2.75, 3.05) is 28.4 Å². The van der Waals surface area contributed by atoms with Crippen LogP contribution in [0.2, 0.25) is 0 Å². The first-order valence-corrected chi connectivity index (χ1v) is 10.0. The van der Waals surface area contributed by atoms with E-state index in [1.54, 1.807) is 6.07 Å². The number of fused-ring (bicyclic) bond motifs is 1. The van der Waals surface area contributed by atoms with Crippen LogP contribution in [0.1, 0.15) is 15.9 Å². The van der Waals surface area contributed by atoms with Crippen molar-refractivity contribution in [2.45, 2.75) is 6.16 Å². The van der Waals surface area contributed by atoms with Gasteiger partial charge in [0, 0.05) is 34.0 Å². The van der Waals surface area contributed by atoms with Crippen molar-refractivity contribution in [3.05, 3.63) is 47.5 Å². The fourth-order valence-electron chi connectivity index (χ4n) is 2.37. The van der Waals surface area contributed by atoms with Gasteiger partial charge in [-0.3, -0.25) is 9.36 Å². The molecule has 0 unspecified atom stereocenters. The lowest BCUT2D eigenvalue weighted by Gasteiger charge is -2.18. The molecule has 0 aliphatic rings. The van der Waals surface area contributed by atoms with E-state index in [0.29, 0.717) is 11.1 Å². The summed E-state index contributed by atoms with van der Waals surface area (Å²) in [5.41, 5.74) is 0.694. The van der Waals surface area contributed by atoms with Crippen LogP contribution >= 0.6 is 16.0 Å². The predicted octanol–water partition coefficient (Wildman–Crippen LogP) is 4.57. The van der Waals surface area contributed by atoms with E-state index in [0.717, 1.165) is 10.8 Å². The molecule has 0 saturated heterocycles. The van der Waals surface area contributed by atoms with Gasteiger partial charge < -0.3 is 18.1 Å². The molecule has 0 aliphatic heterocycles. The monoisotopic (exact) mass is 370 g/mol. The van der Waals surface area contributed by atoms with E-state index >= 15 is 0 Å². The van der Waals surface area contributed by atoms with Crippen LogP contribution in [0.4, 0.5) is 0 Å². The smallest absolute Gasteiger partial charge is 0.332 e. The zero-order valence-corrected chi connectivity index (χ0v) is 15.8. The zero-order valence-electron chi connectivity index (χ0n) is 14.0. The van der Waals surface area contributed by atoms with Crippen molar-refractivity contribution in [3.63, 3.8) is 0 Å². The van der Waals surface area contributed by atoms with Crippen LogP contribution in [0.15, 0.2) is 36.4 Å². The molecule has 0 radical (unpaired) electrons. The third-order valence-electron chi connectivity index (χ3n) is 3.62. The Morgan fingerprint density at radius 3 is 2.04 bits per heavy atom. The van der Waals surface area contributed by atoms with E-state index < -0.39 is 16.0 Å². The molecule has 0 saturated carbocycles. The predicted molar refractivity (Wildman–Crippen MR) is 94.5 cm³/mol. The molecule has 2 rings (SSSR count). The maximum Gasteiger partial charge on any atom is 0.334 e. The Kier molecular flexibility index (Phi) is 6.64. The highest BCUT2D eigenvalue weighted by molar-refractivity contribution is 7.66. The number of benzene rings is 2. The van der Waals surface area contributed by atoms with E-state index in [2.05, 4.69) is 0 Å². The van der Waals surface area contributed by atoms with Gasteiger partial charge in [-0.15, -0.1) is 0 Å². The summed E-state index contributed by atoms with van der Waals surface area (Å²) in [6.45, 7) is 0. The standard InChI is InChI=1S/C16H20O6P2/c1-19-23(20-2)16(17)15-10-13-8-6-5-7-12(13)9-14(15)11-24(18,21-3)22-4/h5-10H,11H2,1-4H3.